The Morgan fingerprint density at radius 3 is 2.12 bits per heavy atom. The first-order valence-electron chi connectivity index (χ1n) is 14.0. The molecule has 0 heterocycles. The molecule has 0 saturated heterocycles. The standard InChI is InChI=1S/C34H36BrN3O4S/c1-24-13-17-31(18-14-24)43(41,42)38(30-16-15-25(2)26(3)19-30)23-33(39)37(22-28-11-8-12-29(35)20-28)32(34(40)36-4)21-27-9-6-5-7-10-27/h5-20,32H,21-23H2,1-4H3,(H,36,40)/t32-/m0/s1. The van der Waals surface area contributed by atoms with Gasteiger partial charge in [0.15, 0.2) is 0 Å². The molecule has 2 amide bonds. The number of halogens is 1. The maximum Gasteiger partial charge on any atom is 0.264 e. The average molecular weight is 663 g/mol. The van der Waals surface area contributed by atoms with E-state index in [-0.39, 0.29) is 23.8 Å². The number of nitrogens with one attached hydrogen (secondary N) is 1. The lowest BCUT2D eigenvalue weighted by Gasteiger charge is -2.33. The highest BCUT2D eigenvalue weighted by atomic mass is 79.9. The van der Waals surface area contributed by atoms with Gasteiger partial charge in [-0.25, -0.2) is 8.42 Å². The van der Waals surface area contributed by atoms with E-state index in [0.717, 1.165) is 36.6 Å². The first-order chi connectivity index (χ1) is 20.5. The normalized spacial score (nSPS) is 11.9. The molecule has 1 N–H and O–H groups in total. The fourth-order valence-corrected chi connectivity index (χ4v) is 6.65. The number of anilines is 1. The largest absolute Gasteiger partial charge is 0.357 e. The molecule has 0 unspecified atom stereocenters. The first kappa shape index (κ1) is 32.0. The van der Waals surface area contributed by atoms with E-state index in [0.29, 0.717) is 5.69 Å². The third-order valence-electron chi connectivity index (χ3n) is 7.43. The molecule has 0 aromatic heterocycles. The van der Waals surface area contributed by atoms with Gasteiger partial charge in [0.05, 0.1) is 10.6 Å². The van der Waals surface area contributed by atoms with Gasteiger partial charge in [-0.1, -0.05) is 82.2 Å². The van der Waals surface area contributed by atoms with Crippen molar-refractivity contribution in [2.75, 3.05) is 17.9 Å². The van der Waals surface area contributed by atoms with E-state index in [2.05, 4.69) is 21.2 Å². The topological polar surface area (TPSA) is 86.8 Å². The predicted octanol–water partition coefficient (Wildman–Crippen LogP) is 5.96. The Balaban J connectivity index is 1.80. The van der Waals surface area contributed by atoms with E-state index in [1.54, 1.807) is 36.4 Å². The van der Waals surface area contributed by atoms with Crippen molar-refractivity contribution in [1.29, 1.82) is 0 Å². The zero-order valence-corrected chi connectivity index (χ0v) is 27.2. The van der Waals surface area contributed by atoms with Crippen molar-refractivity contribution in [3.05, 3.63) is 129 Å². The van der Waals surface area contributed by atoms with Gasteiger partial charge in [-0.05, 0) is 79.4 Å². The van der Waals surface area contributed by atoms with Crippen LogP contribution in [0, 0.1) is 20.8 Å². The van der Waals surface area contributed by atoms with Crippen molar-refractivity contribution >= 4 is 43.5 Å². The van der Waals surface area contributed by atoms with Gasteiger partial charge in [0, 0.05) is 24.5 Å². The van der Waals surface area contributed by atoms with Gasteiger partial charge in [-0.2, -0.15) is 0 Å². The second kappa shape index (κ2) is 14.0. The maximum atomic E-state index is 14.4. The third-order valence-corrected chi connectivity index (χ3v) is 9.71. The lowest BCUT2D eigenvalue weighted by molar-refractivity contribution is -0.139. The molecule has 4 aromatic rings. The summed E-state index contributed by atoms with van der Waals surface area (Å²) in [5.41, 5.74) is 4.86. The first-order valence-corrected chi connectivity index (χ1v) is 16.2. The summed E-state index contributed by atoms with van der Waals surface area (Å²) in [5.74, 6) is -0.843. The minimum Gasteiger partial charge on any atom is -0.357 e. The van der Waals surface area contributed by atoms with Crippen molar-refractivity contribution in [2.45, 2.75) is 44.7 Å². The molecule has 4 rings (SSSR count). The van der Waals surface area contributed by atoms with Crippen LogP contribution in [0.2, 0.25) is 0 Å². The van der Waals surface area contributed by atoms with E-state index in [1.807, 2.05) is 81.4 Å². The van der Waals surface area contributed by atoms with Crippen LogP contribution in [0.3, 0.4) is 0 Å². The fraction of sp³-hybridized carbons (Fsp3) is 0.235. The Bertz CT molecular complexity index is 1690. The minimum atomic E-state index is -4.14. The lowest BCUT2D eigenvalue weighted by atomic mass is 10.0. The van der Waals surface area contributed by atoms with Gasteiger partial charge in [-0.3, -0.25) is 13.9 Å². The Morgan fingerprint density at radius 2 is 1.49 bits per heavy atom. The van der Waals surface area contributed by atoms with Gasteiger partial charge in [0.1, 0.15) is 12.6 Å². The highest BCUT2D eigenvalue weighted by Gasteiger charge is 2.34. The molecule has 43 heavy (non-hydrogen) atoms. The quantitative estimate of drug-likeness (QED) is 0.215. The summed E-state index contributed by atoms with van der Waals surface area (Å²) in [5, 5.41) is 2.70. The molecule has 0 aliphatic carbocycles. The second-order valence-corrected chi connectivity index (χ2v) is 13.3. The SMILES string of the molecule is CNC(=O)[C@H](Cc1ccccc1)N(Cc1cccc(Br)c1)C(=O)CN(c1ccc(C)c(C)c1)S(=O)(=O)c1ccc(C)cc1. The number of hydrogen-bond donors (Lipinski definition) is 1. The predicted molar refractivity (Wildman–Crippen MR) is 174 cm³/mol. The van der Waals surface area contributed by atoms with E-state index < -0.39 is 28.5 Å². The zero-order valence-electron chi connectivity index (χ0n) is 24.7. The Hall–Kier alpha value is -3.95. The van der Waals surface area contributed by atoms with Crippen LogP contribution in [0.15, 0.2) is 106 Å². The number of nitrogens with zero attached hydrogens (tertiary/aromatic N) is 2. The Labute approximate surface area is 262 Å². The van der Waals surface area contributed by atoms with Crippen molar-refractivity contribution in [3.8, 4) is 0 Å². The Kier molecular flexibility index (Phi) is 10.4. The molecule has 7 nitrogen and oxygen atoms in total. The average Bonchev–Trinajstić information content (AvgIpc) is 2.99. The fourth-order valence-electron chi connectivity index (χ4n) is 4.80. The molecule has 0 aliphatic heterocycles. The molecule has 0 radical (unpaired) electrons. The number of rotatable bonds is 11. The van der Waals surface area contributed by atoms with Crippen LogP contribution in [0.25, 0.3) is 0 Å². The van der Waals surface area contributed by atoms with Gasteiger partial charge in [0.25, 0.3) is 10.0 Å². The van der Waals surface area contributed by atoms with Gasteiger partial charge < -0.3 is 10.2 Å². The summed E-state index contributed by atoms with van der Waals surface area (Å²) in [7, 11) is -2.61. The van der Waals surface area contributed by atoms with E-state index in [4.69, 9.17) is 0 Å². The number of hydrogen-bond acceptors (Lipinski definition) is 4. The van der Waals surface area contributed by atoms with Crippen molar-refractivity contribution < 1.29 is 18.0 Å². The number of carbonyl (C=O) groups is 2. The molecule has 224 valence electrons. The van der Waals surface area contributed by atoms with E-state index >= 15 is 0 Å². The molecule has 0 spiro atoms. The van der Waals surface area contributed by atoms with Crippen LogP contribution in [-0.4, -0.2) is 44.8 Å². The Morgan fingerprint density at radius 1 is 0.814 bits per heavy atom. The van der Waals surface area contributed by atoms with Gasteiger partial charge in [0.2, 0.25) is 11.8 Å². The lowest BCUT2D eigenvalue weighted by Crippen LogP contribution is -2.53. The monoisotopic (exact) mass is 661 g/mol. The summed E-state index contributed by atoms with van der Waals surface area (Å²) in [6.07, 6.45) is 0.259. The van der Waals surface area contributed by atoms with Crippen molar-refractivity contribution in [1.82, 2.24) is 10.2 Å². The number of aryl methyl sites for hydroxylation is 3. The van der Waals surface area contributed by atoms with Crippen molar-refractivity contribution in [2.24, 2.45) is 0 Å². The molecule has 4 aromatic carbocycles. The van der Waals surface area contributed by atoms with Crippen LogP contribution in [-0.2, 0) is 32.6 Å². The molecular weight excluding hydrogens is 626 g/mol. The summed E-state index contributed by atoms with van der Waals surface area (Å²) in [6.45, 7) is 5.34. The summed E-state index contributed by atoms with van der Waals surface area (Å²) in [6, 6.07) is 27.9. The number of amides is 2. The minimum absolute atomic E-state index is 0.0785. The third kappa shape index (κ3) is 7.91. The van der Waals surface area contributed by atoms with E-state index in [9.17, 15) is 18.0 Å². The summed E-state index contributed by atoms with van der Waals surface area (Å²) >= 11 is 3.49. The highest BCUT2D eigenvalue weighted by molar-refractivity contribution is 9.10. The van der Waals surface area contributed by atoms with Crippen LogP contribution in [0.1, 0.15) is 27.8 Å². The van der Waals surface area contributed by atoms with Crippen LogP contribution < -0.4 is 9.62 Å². The number of sulfonamides is 1. The second-order valence-electron chi connectivity index (χ2n) is 10.6. The number of benzene rings is 4. The number of likely N-dealkylation sites (N-methyl/N-ethyl adjacent to an activating group) is 1. The smallest absolute Gasteiger partial charge is 0.264 e. The molecule has 0 saturated carbocycles. The molecule has 0 fully saturated rings. The van der Waals surface area contributed by atoms with Crippen LogP contribution in [0.4, 0.5) is 5.69 Å². The van der Waals surface area contributed by atoms with Gasteiger partial charge in [-0.15, -0.1) is 0 Å². The molecule has 1 atom stereocenters. The maximum absolute atomic E-state index is 14.4. The highest BCUT2D eigenvalue weighted by Crippen LogP contribution is 2.27. The van der Waals surface area contributed by atoms with Gasteiger partial charge >= 0.3 is 0 Å². The molecule has 9 heteroatoms. The number of carbonyl (C=O) groups excluding carboxylic acids is 2. The molecular formula is C34H36BrN3O4S. The van der Waals surface area contributed by atoms with E-state index in [1.165, 1.54) is 11.9 Å². The van der Waals surface area contributed by atoms with Crippen LogP contribution in [0.5, 0.6) is 0 Å². The molecule has 0 aliphatic rings. The van der Waals surface area contributed by atoms with Crippen molar-refractivity contribution in [3.63, 3.8) is 0 Å². The zero-order chi connectivity index (χ0) is 31.1. The summed E-state index contributed by atoms with van der Waals surface area (Å²) in [4.78, 5) is 29.3. The molecule has 0 bridgehead atoms. The van der Waals surface area contributed by atoms with Crippen LogP contribution >= 0.6 is 15.9 Å². The summed E-state index contributed by atoms with van der Waals surface area (Å²) < 4.78 is 30.2.